The average molecular weight is 480 g/mol. The minimum absolute atomic E-state index is 0.287. The van der Waals surface area contributed by atoms with Gasteiger partial charge in [0, 0.05) is 5.92 Å². The zero-order valence-corrected chi connectivity index (χ0v) is 21.7. The Morgan fingerprint density at radius 2 is 1.27 bits per heavy atom. The molecule has 1 aliphatic carbocycles. The predicted molar refractivity (Wildman–Crippen MR) is 162 cm³/mol. The molecule has 5 aromatic rings. The second kappa shape index (κ2) is 10.8. The summed E-state index contributed by atoms with van der Waals surface area (Å²) in [6, 6.07) is 37.7. The van der Waals surface area contributed by atoms with Crippen molar-refractivity contribution in [2.75, 3.05) is 0 Å². The minimum Gasteiger partial charge on any atom is -0.313 e. The smallest absolute Gasteiger partial charge is 0.00187 e. The van der Waals surface area contributed by atoms with E-state index in [-0.39, 0.29) is 5.92 Å². The zero-order valence-electron chi connectivity index (χ0n) is 21.7. The van der Waals surface area contributed by atoms with E-state index in [1.165, 1.54) is 67.1 Å². The van der Waals surface area contributed by atoms with E-state index in [1.807, 2.05) is 19.9 Å². The Hall–Kier alpha value is -4.23. The van der Waals surface area contributed by atoms with Crippen molar-refractivity contribution in [3.63, 3.8) is 0 Å². The number of hydrogen-bond acceptors (Lipinski definition) is 1. The lowest BCUT2D eigenvalue weighted by atomic mass is 9.91. The number of rotatable bonds is 7. The van der Waals surface area contributed by atoms with Gasteiger partial charge in [0.1, 0.15) is 0 Å². The van der Waals surface area contributed by atoms with Gasteiger partial charge >= 0.3 is 0 Å². The first kappa shape index (κ1) is 24.5. The van der Waals surface area contributed by atoms with Crippen LogP contribution in [0.5, 0.6) is 0 Å². The maximum Gasteiger partial charge on any atom is 0.00187 e. The second-order valence-corrected chi connectivity index (χ2v) is 9.26. The number of fused-ring (bicyclic) bond motifs is 3. The van der Waals surface area contributed by atoms with Crippen molar-refractivity contribution in [3.05, 3.63) is 121 Å². The van der Waals surface area contributed by atoms with Crippen molar-refractivity contribution in [2.24, 2.45) is 0 Å². The number of hydrogen-bond donors (Lipinski definition) is 1. The summed E-state index contributed by atoms with van der Waals surface area (Å²) in [5, 5.41) is 9.99. The van der Waals surface area contributed by atoms with Crippen LogP contribution < -0.4 is 0 Å². The molecule has 0 spiro atoms. The van der Waals surface area contributed by atoms with E-state index in [2.05, 4.69) is 110 Å². The Bertz CT molecular complexity index is 1540. The molecule has 6 rings (SSSR count). The highest BCUT2D eigenvalue weighted by Crippen LogP contribution is 2.49. The first-order valence-corrected chi connectivity index (χ1v) is 13.3. The Morgan fingerprint density at radius 3 is 1.97 bits per heavy atom. The number of benzene rings is 5. The van der Waals surface area contributed by atoms with Gasteiger partial charge in [-0.2, -0.15) is 0 Å². The summed E-state index contributed by atoms with van der Waals surface area (Å²) in [6.07, 6.45) is 5.18. The molecule has 1 atom stereocenters. The molecule has 0 fully saturated rings. The molecule has 0 radical (unpaired) electrons. The fourth-order valence-electron chi connectivity index (χ4n) is 5.53. The Balaban J connectivity index is 0.00000137. The van der Waals surface area contributed by atoms with E-state index in [4.69, 9.17) is 5.41 Å². The van der Waals surface area contributed by atoms with Crippen LogP contribution in [0, 0.1) is 5.41 Å². The average Bonchev–Trinajstić information content (AvgIpc) is 3.30. The molecule has 1 aliphatic rings. The maximum atomic E-state index is 7.32. The van der Waals surface area contributed by atoms with Gasteiger partial charge in [0.05, 0.1) is 0 Å². The quantitative estimate of drug-likeness (QED) is 0.174. The zero-order chi connectivity index (χ0) is 25.8. The van der Waals surface area contributed by atoms with Gasteiger partial charge in [-0.25, -0.2) is 0 Å². The van der Waals surface area contributed by atoms with Gasteiger partial charge in [0.2, 0.25) is 0 Å². The third-order valence-electron chi connectivity index (χ3n) is 7.30. The van der Waals surface area contributed by atoms with E-state index in [0.717, 1.165) is 12.8 Å². The fraction of sp³-hybridized carbons (Fsp3) is 0.139. The van der Waals surface area contributed by atoms with Crippen molar-refractivity contribution in [1.82, 2.24) is 0 Å². The van der Waals surface area contributed by atoms with Crippen LogP contribution in [0.15, 0.2) is 116 Å². The first-order chi connectivity index (χ1) is 18.3. The molecule has 0 amide bonds. The van der Waals surface area contributed by atoms with E-state index in [1.54, 1.807) is 0 Å². The van der Waals surface area contributed by atoms with Crippen LogP contribution in [0.1, 0.15) is 38.2 Å². The van der Waals surface area contributed by atoms with E-state index in [9.17, 15) is 0 Å². The van der Waals surface area contributed by atoms with Gasteiger partial charge in [-0.15, -0.1) is 6.58 Å². The van der Waals surface area contributed by atoms with Crippen LogP contribution in [0.2, 0.25) is 0 Å². The molecular formula is C36H33N. The molecule has 1 heteroatoms. The summed E-state index contributed by atoms with van der Waals surface area (Å²) >= 11 is 0. The summed E-state index contributed by atoms with van der Waals surface area (Å²) < 4.78 is 0. The lowest BCUT2D eigenvalue weighted by Gasteiger charge is -2.13. The highest BCUT2D eigenvalue weighted by atomic mass is 14.3. The summed E-state index contributed by atoms with van der Waals surface area (Å²) in [5.74, 6) is 0.287. The predicted octanol–water partition coefficient (Wildman–Crippen LogP) is 10.5. The molecule has 0 aromatic heterocycles. The maximum absolute atomic E-state index is 7.32. The molecule has 182 valence electrons. The third kappa shape index (κ3) is 4.42. The third-order valence-corrected chi connectivity index (χ3v) is 7.30. The molecular weight excluding hydrogens is 446 g/mol. The highest BCUT2D eigenvalue weighted by molar-refractivity contribution is 6.18. The summed E-state index contributed by atoms with van der Waals surface area (Å²) in [4.78, 5) is 0. The van der Waals surface area contributed by atoms with Crippen LogP contribution in [0.4, 0.5) is 0 Å². The molecule has 0 saturated heterocycles. The van der Waals surface area contributed by atoms with E-state index < -0.39 is 0 Å². The fourth-order valence-corrected chi connectivity index (χ4v) is 5.53. The van der Waals surface area contributed by atoms with Gasteiger partial charge < -0.3 is 5.41 Å². The highest BCUT2D eigenvalue weighted by Gasteiger charge is 2.22. The van der Waals surface area contributed by atoms with Gasteiger partial charge in [-0.1, -0.05) is 117 Å². The lowest BCUT2D eigenvalue weighted by molar-refractivity contribution is 0.772. The van der Waals surface area contributed by atoms with Crippen molar-refractivity contribution >= 4 is 17.0 Å². The lowest BCUT2D eigenvalue weighted by Crippen LogP contribution is -1.95. The Morgan fingerprint density at radius 1 is 0.649 bits per heavy atom. The van der Waals surface area contributed by atoms with Crippen LogP contribution in [0.25, 0.3) is 55.3 Å². The largest absolute Gasteiger partial charge is 0.313 e. The van der Waals surface area contributed by atoms with Crippen LogP contribution in [-0.2, 0) is 0 Å². The number of nitrogens with one attached hydrogen (secondary N) is 1. The SMILES string of the molecule is C=CC(CCC=N)c1ccc(-c2cccc(-c3ccc4c5c(cccc35)-c3ccccc3-4)c2)cc1.CC. The van der Waals surface area contributed by atoms with Gasteiger partial charge in [0.25, 0.3) is 0 Å². The molecule has 0 aliphatic heterocycles. The normalized spacial score (nSPS) is 11.8. The van der Waals surface area contributed by atoms with Crippen LogP contribution >= 0.6 is 0 Å². The molecule has 1 N–H and O–H groups in total. The topological polar surface area (TPSA) is 23.9 Å². The Kier molecular flexibility index (Phi) is 7.14. The molecule has 1 nitrogen and oxygen atoms in total. The van der Waals surface area contributed by atoms with E-state index in [0.29, 0.717) is 0 Å². The van der Waals surface area contributed by atoms with Crippen LogP contribution in [-0.4, -0.2) is 6.21 Å². The first-order valence-electron chi connectivity index (χ1n) is 13.3. The number of allylic oxidation sites excluding steroid dienone is 1. The van der Waals surface area contributed by atoms with Gasteiger partial charge in [0.15, 0.2) is 0 Å². The molecule has 0 saturated carbocycles. The Labute approximate surface area is 220 Å². The van der Waals surface area contributed by atoms with Gasteiger partial charge in [-0.05, 0) is 86.0 Å². The monoisotopic (exact) mass is 479 g/mol. The molecule has 37 heavy (non-hydrogen) atoms. The van der Waals surface area contributed by atoms with Gasteiger partial charge in [-0.3, -0.25) is 0 Å². The summed E-state index contributed by atoms with van der Waals surface area (Å²) in [5.41, 5.74) is 11.5. The molecule has 5 aromatic carbocycles. The standard InChI is InChI=1S/C34H27N.C2H6/c1-2-23(10-7-21-35)24-15-17-25(18-16-24)26-8-5-9-27(22-26)28-19-20-33-30-12-4-3-11-29(30)32-14-6-13-31(28)34(32)33;1-2/h2-6,8-9,11-23,35H,1,7,10H2;1-2H3. The second-order valence-electron chi connectivity index (χ2n) is 9.26. The van der Waals surface area contributed by atoms with Crippen LogP contribution in [0.3, 0.4) is 0 Å². The minimum atomic E-state index is 0.287. The molecule has 1 unspecified atom stereocenters. The van der Waals surface area contributed by atoms with Crippen molar-refractivity contribution < 1.29 is 0 Å². The summed E-state index contributed by atoms with van der Waals surface area (Å²) in [6.45, 7) is 8.00. The van der Waals surface area contributed by atoms with E-state index >= 15 is 0 Å². The molecule has 0 bridgehead atoms. The summed E-state index contributed by atoms with van der Waals surface area (Å²) in [7, 11) is 0. The van der Waals surface area contributed by atoms with Crippen molar-refractivity contribution in [3.8, 4) is 44.5 Å². The van der Waals surface area contributed by atoms with Crippen molar-refractivity contribution in [2.45, 2.75) is 32.6 Å². The van der Waals surface area contributed by atoms with Crippen molar-refractivity contribution in [1.29, 1.82) is 5.41 Å². The molecule has 0 heterocycles.